The Kier molecular flexibility index (Phi) is 17.0. The van der Waals surface area contributed by atoms with Crippen LogP contribution < -0.4 is 14.2 Å². The Morgan fingerprint density at radius 3 is 1.49 bits per heavy atom. The number of carbonyl (C=O) groups is 1. The normalized spacial score (nSPS) is 19.7. The molecule has 2 N–H and O–H groups in total. The molecule has 0 amide bonds. The molecule has 0 aliphatic carbocycles. The number of aryl methyl sites for hydroxylation is 1. The molecule has 1 fully saturated rings. The third-order valence-electron chi connectivity index (χ3n) is 10.7. The number of hydrogen-bond acceptors (Lipinski definition) is 9. The van der Waals surface area contributed by atoms with Crippen LogP contribution in [0.2, 0.25) is 0 Å². The van der Waals surface area contributed by atoms with E-state index in [1.54, 1.807) is 60.7 Å². The van der Waals surface area contributed by atoms with Crippen molar-refractivity contribution in [1.82, 2.24) is 0 Å². The van der Waals surface area contributed by atoms with E-state index in [0.717, 1.165) is 0 Å². The van der Waals surface area contributed by atoms with Gasteiger partial charge in [0.05, 0.1) is 46.2 Å². The molecule has 0 radical (unpaired) electrons. The van der Waals surface area contributed by atoms with Crippen molar-refractivity contribution in [2.75, 3.05) is 20.8 Å². The van der Waals surface area contributed by atoms with E-state index in [1.807, 2.05) is 0 Å². The first-order chi connectivity index (χ1) is 31.8. The Balaban J connectivity index is 1.37. The van der Waals surface area contributed by atoms with E-state index in [0.29, 0.717) is 16.7 Å². The number of alkyl halides is 13. The van der Waals surface area contributed by atoms with Crippen LogP contribution in [0.1, 0.15) is 45.5 Å². The molecule has 4 aromatic carbocycles. The van der Waals surface area contributed by atoms with Crippen molar-refractivity contribution < 1.29 is 105 Å². The maximum absolute atomic E-state index is 14.4. The van der Waals surface area contributed by atoms with E-state index in [4.69, 9.17) is 33.2 Å². The lowest BCUT2D eigenvalue weighted by molar-refractivity contribution is -0.440. The summed E-state index contributed by atoms with van der Waals surface area (Å²) >= 11 is 0. The standard InChI is InChI=1S/C45H43F13O10/c1-62-31-20-30(38(60)61)21-32(63-2)34(31)68-39-37(66-24-28-12-7-4-8-13-28)36(65-23-27-10-5-3-6-11-27)35(33(22-59)67-39)64-25-29-17-15-26(16-18-29)14-9-19-40(46,47)41(48,49)42(50,51)43(52,53)44(54,55)45(56,57)58/h3-8,10-13,15-18,20-21,33,35-37,39,59H,9,14,19,22-25H2,1-2H3,(H,60,61)/t33-,35-,36+,37-,39+/m1/s1. The fourth-order valence-corrected chi connectivity index (χ4v) is 6.92. The van der Waals surface area contributed by atoms with Gasteiger partial charge in [-0.15, -0.1) is 0 Å². The predicted molar refractivity (Wildman–Crippen MR) is 212 cm³/mol. The number of aliphatic hydroxyl groups is 1. The molecule has 0 bridgehead atoms. The lowest BCUT2D eigenvalue weighted by Gasteiger charge is -2.45. The molecule has 1 aliphatic rings. The number of carboxylic acids is 1. The number of aliphatic hydroxyl groups excluding tert-OH is 1. The molecular formula is C45H43F13O10. The highest BCUT2D eigenvalue weighted by atomic mass is 19.4. The Morgan fingerprint density at radius 2 is 1.03 bits per heavy atom. The first kappa shape index (κ1) is 53.6. The minimum atomic E-state index is -7.97. The van der Waals surface area contributed by atoms with E-state index in [1.165, 1.54) is 50.6 Å². The number of methoxy groups -OCH3 is 2. The SMILES string of the molecule is COc1cc(C(=O)O)cc(OC)c1O[C@@H]1O[C@H](CO)[C@@H](OCc2ccc(CCCC(F)(F)C(F)(F)C(F)(F)C(F)(F)C(F)(F)C(F)(F)F)cc2)[C@H](OCc2ccccc2)[C@H]1OCc1ccccc1. The van der Waals surface area contributed by atoms with Gasteiger partial charge in [0.1, 0.15) is 24.4 Å². The van der Waals surface area contributed by atoms with Gasteiger partial charge in [0.25, 0.3) is 0 Å². The van der Waals surface area contributed by atoms with Crippen LogP contribution in [0.25, 0.3) is 0 Å². The summed E-state index contributed by atoms with van der Waals surface area (Å²) in [6.07, 6.45) is -17.8. The van der Waals surface area contributed by atoms with Crippen LogP contribution >= 0.6 is 0 Å². The van der Waals surface area contributed by atoms with Gasteiger partial charge in [-0.25, -0.2) is 4.79 Å². The highest BCUT2D eigenvalue weighted by molar-refractivity contribution is 5.89. The van der Waals surface area contributed by atoms with Crippen LogP contribution in [0.15, 0.2) is 97.1 Å². The molecule has 10 nitrogen and oxygen atoms in total. The van der Waals surface area contributed by atoms with E-state index in [2.05, 4.69) is 0 Å². The van der Waals surface area contributed by atoms with E-state index in [9.17, 15) is 72.1 Å². The Morgan fingerprint density at radius 1 is 0.588 bits per heavy atom. The van der Waals surface area contributed by atoms with Gasteiger partial charge in [-0.3, -0.25) is 0 Å². The number of hydrogen-bond donors (Lipinski definition) is 2. The van der Waals surface area contributed by atoms with Crippen LogP contribution in [-0.4, -0.2) is 104 Å². The maximum Gasteiger partial charge on any atom is 0.460 e. The second-order valence-electron chi connectivity index (χ2n) is 15.3. The topological polar surface area (TPSA) is 122 Å². The Bertz CT molecular complexity index is 2220. The molecule has 23 heteroatoms. The number of benzene rings is 4. The molecule has 1 saturated heterocycles. The molecule has 68 heavy (non-hydrogen) atoms. The molecular weight excluding hydrogens is 947 g/mol. The quantitative estimate of drug-likeness (QED) is 0.0695. The monoisotopic (exact) mass is 990 g/mol. The fourth-order valence-electron chi connectivity index (χ4n) is 6.92. The zero-order chi connectivity index (χ0) is 50.3. The average molecular weight is 991 g/mol. The largest absolute Gasteiger partial charge is 0.493 e. The van der Waals surface area contributed by atoms with Crippen molar-refractivity contribution in [2.24, 2.45) is 0 Å². The number of ether oxygens (including phenoxy) is 7. The number of halogens is 13. The van der Waals surface area contributed by atoms with Crippen LogP contribution in [0, 0.1) is 0 Å². The second-order valence-corrected chi connectivity index (χ2v) is 15.3. The smallest absolute Gasteiger partial charge is 0.460 e. The molecule has 5 rings (SSSR count). The number of rotatable bonds is 23. The maximum atomic E-state index is 14.4. The third-order valence-corrected chi connectivity index (χ3v) is 10.7. The van der Waals surface area contributed by atoms with Crippen molar-refractivity contribution in [3.05, 3.63) is 125 Å². The second kappa shape index (κ2) is 21.5. The van der Waals surface area contributed by atoms with Gasteiger partial charge < -0.3 is 43.4 Å². The lowest BCUT2D eigenvalue weighted by Crippen LogP contribution is -2.70. The first-order valence-corrected chi connectivity index (χ1v) is 20.2. The molecule has 5 atom stereocenters. The highest BCUT2D eigenvalue weighted by Gasteiger charge is 2.90. The van der Waals surface area contributed by atoms with Crippen molar-refractivity contribution in [2.45, 2.75) is 106 Å². The molecule has 0 saturated carbocycles. The highest BCUT2D eigenvalue weighted by Crippen LogP contribution is 2.61. The molecule has 0 spiro atoms. The molecule has 1 heterocycles. The van der Waals surface area contributed by atoms with Crippen LogP contribution in [0.4, 0.5) is 57.1 Å². The Labute approximate surface area is 379 Å². The minimum absolute atomic E-state index is 0.0405. The average Bonchev–Trinajstić information content (AvgIpc) is 3.30. The van der Waals surface area contributed by atoms with Gasteiger partial charge in [-0.2, -0.15) is 57.1 Å². The van der Waals surface area contributed by atoms with E-state index < -0.39 is 98.3 Å². The van der Waals surface area contributed by atoms with Crippen LogP contribution in [0.5, 0.6) is 17.2 Å². The molecule has 0 aromatic heterocycles. The first-order valence-electron chi connectivity index (χ1n) is 20.2. The van der Waals surface area contributed by atoms with Gasteiger partial charge in [0.2, 0.25) is 12.0 Å². The van der Waals surface area contributed by atoms with E-state index in [-0.39, 0.29) is 48.2 Å². The van der Waals surface area contributed by atoms with Crippen LogP contribution in [-0.2, 0) is 45.2 Å². The fraction of sp³-hybridized carbons (Fsp3) is 0.444. The Hall–Kier alpha value is -5.36. The summed E-state index contributed by atoms with van der Waals surface area (Å²) in [5.74, 6) is -38.7. The number of carboxylic acid groups (broad SMARTS) is 1. The summed E-state index contributed by atoms with van der Waals surface area (Å²) < 4.78 is 219. The lowest BCUT2D eigenvalue weighted by atomic mass is 9.91. The van der Waals surface area contributed by atoms with Gasteiger partial charge in [0, 0.05) is 6.42 Å². The zero-order valence-electron chi connectivity index (χ0n) is 35.6. The molecule has 0 unspecified atom stereocenters. The van der Waals surface area contributed by atoms with Crippen molar-refractivity contribution in [1.29, 1.82) is 0 Å². The van der Waals surface area contributed by atoms with Crippen molar-refractivity contribution in [3.8, 4) is 17.2 Å². The van der Waals surface area contributed by atoms with Gasteiger partial charge in [-0.05, 0) is 47.2 Å². The molecule has 4 aromatic rings. The van der Waals surface area contributed by atoms with Crippen molar-refractivity contribution >= 4 is 5.97 Å². The summed E-state index contributed by atoms with van der Waals surface area (Å²) in [5.41, 5.74) is 1.65. The summed E-state index contributed by atoms with van der Waals surface area (Å²) in [6.45, 7) is -1.08. The van der Waals surface area contributed by atoms with Gasteiger partial charge in [0.15, 0.2) is 11.5 Å². The van der Waals surface area contributed by atoms with Gasteiger partial charge >= 0.3 is 41.8 Å². The summed E-state index contributed by atoms with van der Waals surface area (Å²) in [6, 6.07) is 25.3. The molecule has 1 aliphatic heterocycles. The number of aromatic carboxylic acids is 1. The zero-order valence-corrected chi connectivity index (χ0v) is 35.6. The summed E-state index contributed by atoms with van der Waals surface area (Å²) in [7, 11) is 2.52. The minimum Gasteiger partial charge on any atom is -0.493 e. The van der Waals surface area contributed by atoms with Gasteiger partial charge in [-0.1, -0.05) is 84.9 Å². The van der Waals surface area contributed by atoms with E-state index >= 15 is 0 Å². The summed E-state index contributed by atoms with van der Waals surface area (Å²) in [4.78, 5) is 11.9. The van der Waals surface area contributed by atoms with Crippen molar-refractivity contribution in [3.63, 3.8) is 0 Å². The predicted octanol–water partition coefficient (Wildman–Crippen LogP) is 10.3. The third kappa shape index (κ3) is 11.4. The van der Waals surface area contributed by atoms with Crippen LogP contribution in [0.3, 0.4) is 0 Å². The summed E-state index contributed by atoms with van der Waals surface area (Å²) in [5, 5.41) is 20.4. The molecule has 374 valence electrons.